The van der Waals surface area contributed by atoms with Crippen LogP contribution in [-0.2, 0) is 0 Å². The van der Waals surface area contributed by atoms with Crippen molar-refractivity contribution in [2.45, 2.75) is 0 Å². The Bertz CT molecular complexity index is 817. The highest BCUT2D eigenvalue weighted by Crippen LogP contribution is 2.38. The number of aromatic nitrogens is 1. The van der Waals surface area contributed by atoms with Gasteiger partial charge in [-0.05, 0) is 47.9 Å². The number of aromatic amines is 1. The van der Waals surface area contributed by atoms with Crippen LogP contribution in [0.2, 0.25) is 0 Å². The molecule has 0 fully saturated rings. The third-order valence-electron chi connectivity index (χ3n) is 3.29. The summed E-state index contributed by atoms with van der Waals surface area (Å²) in [5, 5.41) is 2.11. The third kappa shape index (κ3) is 2.33. The normalized spacial score (nSPS) is 15.8. The summed E-state index contributed by atoms with van der Waals surface area (Å²) in [4.78, 5) is 11.6. The summed E-state index contributed by atoms with van der Waals surface area (Å²) in [5.41, 5.74) is 3.28. The maximum absolute atomic E-state index is 4.47. The second kappa shape index (κ2) is 5.31. The molecular weight excluding hydrogens is 296 g/mol. The van der Waals surface area contributed by atoms with E-state index in [1.165, 1.54) is 14.6 Å². The lowest BCUT2D eigenvalue weighted by atomic mass is 10.1. The average molecular weight is 308 g/mol. The Kier molecular flexibility index (Phi) is 3.18. The molecule has 4 rings (SSSR count). The first kappa shape index (κ1) is 12.6. The lowest BCUT2D eigenvalue weighted by molar-refractivity contribution is 1.33. The van der Waals surface area contributed by atoms with Gasteiger partial charge in [0, 0.05) is 38.3 Å². The van der Waals surface area contributed by atoms with Gasteiger partial charge in [0.1, 0.15) is 0 Å². The number of allylic oxidation sites excluding steroid dienone is 2. The molecule has 0 aliphatic carbocycles. The summed E-state index contributed by atoms with van der Waals surface area (Å²) in [5.74, 6) is 0. The second-order valence-corrected chi connectivity index (χ2v) is 6.65. The highest BCUT2D eigenvalue weighted by atomic mass is 32.1. The number of rotatable bonds is 3. The molecule has 0 saturated heterocycles. The molecule has 3 aromatic heterocycles. The zero-order chi connectivity index (χ0) is 14.1. The minimum atomic E-state index is 1.01. The molecule has 0 aromatic carbocycles. The molecule has 1 aliphatic rings. The van der Waals surface area contributed by atoms with Crippen LogP contribution in [0.1, 0.15) is 10.6 Å². The number of nitrogens with one attached hydrogen (secondary N) is 1. The van der Waals surface area contributed by atoms with E-state index in [4.69, 9.17) is 0 Å². The van der Waals surface area contributed by atoms with E-state index in [1.54, 1.807) is 11.3 Å². The summed E-state index contributed by atoms with van der Waals surface area (Å²) >= 11 is 3.58. The Morgan fingerprint density at radius 1 is 1.05 bits per heavy atom. The Morgan fingerprint density at radius 2 is 2.05 bits per heavy atom. The first-order valence-electron chi connectivity index (χ1n) is 6.65. The summed E-state index contributed by atoms with van der Waals surface area (Å²) in [6, 6.07) is 12.7. The van der Waals surface area contributed by atoms with Crippen molar-refractivity contribution in [2.75, 3.05) is 0 Å². The topological polar surface area (TPSA) is 28.1 Å². The van der Waals surface area contributed by atoms with Gasteiger partial charge >= 0.3 is 0 Å². The minimum Gasteiger partial charge on any atom is -0.361 e. The summed E-state index contributed by atoms with van der Waals surface area (Å²) < 4.78 is 0. The third-order valence-corrected chi connectivity index (χ3v) is 5.46. The summed E-state index contributed by atoms with van der Waals surface area (Å²) in [6.07, 6.45) is 7.82. The number of hydrogen-bond acceptors (Lipinski definition) is 3. The number of hydrogen-bond donors (Lipinski definition) is 1. The Labute approximate surface area is 130 Å². The quantitative estimate of drug-likeness (QED) is 0.688. The Hall–Kier alpha value is -2.17. The molecule has 0 saturated carbocycles. The highest BCUT2D eigenvalue weighted by Gasteiger charge is 2.15. The van der Waals surface area contributed by atoms with E-state index in [1.807, 2.05) is 35.9 Å². The molecule has 4 heterocycles. The van der Waals surface area contributed by atoms with Gasteiger partial charge in [0.05, 0.1) is 5.70 Å². The van der Waals surface area contributed by atoms with Crippen molar-refractivity contribution in [3.8, 4) is 9.75 Å². The average Bonchev–Trinajstić information content (AvgIpc) is 3.30. The molecule has 1 N–H and O–H groups in total. The molecular formula is C17H12N2S2. The molecule has 3 aromatic rings. The van der Waals surface area contributed by atoms with Gasteiger partial charge in [-0.3, -0.25) is 4.99 Å². The maximum atomic E-state index is 4.47. The van der Waals surface area contributed by atoms with Crippen molar-refractivity contribution < 1.29 is 0 Å². The molecule has 0 atom stereocenters. The van der Waals surface area contributed by atoms with E-state index < -0.39 is 0 Å². The lowest BCUT2D eigenvalue weighted by Crippen LogP contribution is -1.88. The van der Waals surface area contributed by atoms with Crippen molar-refractivity contribution >= 4 is 34.5 Å². The van der Waals surface area contributed by atoms with Gasteiger partial charge in [-0.2, -0.15) is 0 Å². The fourth-order valence-electron chi connectivity index (χ4n) is 2.35. The van der Waals surface area contributed by atoms with E-state index in [9.17, 15) is 0 Å². The van der Waals surface area contributed by atoms with Gasteiger partial charge in [0.25, 0.3) is 0 Å². The Balaban J connectivity index is 1.84. The van der Waals surface area contributed by atoms with Crippen LogP contribution >= 0.6 is 22.7 Å². The van der Waals surface area contributed by atoms with Gasteiger partial charge in [0.2, 0.25) is 0 Å². The van der Waals surface area contributed by atoms with E-state index in [0.717, 1.165) is 17.0 Å². The zero-order valence-electron chi connectivity index (χ0n) is 11.1. The van der Waals surface area contributed by atoms with Crippen molar-refractivity contribution in [1.82, 2.24) is 4.98 Å². The zero-order valence-corrected chi connectivity index (χ0v) is 12.7. The van der Waals surface area contributed by atoms with Crippen LogP contribution in [0.25, 0.3) is 15.3 Å². The van der Waals surface area contributed by atoms with Gasteiger partial charge in [-0.25, -0.2) is 0 Å². The fraction of sp³-hybridized carbons (Fsp3) is 0. The van der Waals surface area contributed by atoms with Crippen molar-refractivity contribution in [3.63, 3.8) is 0 Å². The van der Waals surface area contributed by atoms with Crippen LogP contribution in [0.15, 0.2) is 70.8 Å². The van der Waals surface area contributed by atoms with Gasteiger partial charge in [0.15, 0.2) is 0 Å². The van der Waals surface area contributed by atoms with Crippen molar-refractivity contribution in [1.29, 1.82) is 0 Å². The predicted molar refractivity (Wildman–Crippen MR) is 92.1 cm³/mol. The molecule has 21 heavy (non-hydrogen) atoms. The fourth-order valence-corrected chi connectivity index (χ4v) is 4.26. The van der Waals surface area contributed by atoms with E-state index in [-0.39, 0.29) is 0 Å². The summed E-state index contributed by atoms with van der Waals surface area (Å²) in [6.45, 7) is 0. The van der Waals surface area contributed by atoms with Gasteiger partial charge in [-0.1, -0.05) is 6.07 Å². The lowest BCUT2D eigenvalue weighted by Gasteiger charge is -2.05. The largest absolute Gasteiger partial charge is 0.361 e. The second-order valence-electron chi connectivity index (χ2n) is 4.62. The number of H-pyrrole nitrogens is 1. The van der Waals surface area contributed by atoms with Crippen LogP contribution < -0.4 is 0 Å². The van der Waals surface area contributed by atoms with Crippen molar-refractivity contribution in [3.05, 3.63) is 76.4 Å². The van der Waals surface area contributed by atoms with Crippen molar-refractivity contribution in [2.24, 2.45) is 4.99 Å². The number of nitrogens with zero attached hydrogens (tertiary/aromatic N) is 1. The van der Waals surface area contributed by atoms with Crippen LogP contribution in [0, 0.1) is 0 Å². The molecule has 4 heteroatoms. The van der Waals surface area contributed by atoms with Crippen LogP contribution in [0.3, 0.4) is 0 Å². The predicted octanol–water partition coefficient (Wildman–Crippen LogP) is 5.20. The van der Waals surface area contributed by atoms with Crippen LogP contribution in [0.4, 0.5) is 0 Å². The smallest absolute Gasteiger partial charge is 0.0737 e. The number of thiophene rings is 2. The molecule has 0 bridgehead atoms. The standard InChI is InChI=1S/C17H12N2S2/c1-4-12(18-9-1)17(13-5-2-10-19-13)16-8-7-15(21-16)14-6-3-11-20-14/h1-11,18H/b17-13+. The highest BCUT2D eigenvalue weighted by molar-refractivity contribution is 7.21. The first-order chi connectivity index (χ1) is 10.4. The maximum Gasteiger partial charge on any atom is 0.0737 e. The SMILES string of the molecule is C1=C/C(=C(/c2ccc[nH]2)c2ccc(-c3cccs3)s2)N=C1. The minimum absolute atomic E-state index is 1.01. The summed E-state index contributed by atoms with van der Waals surface area (Å²) in [7, 11) is 0. The van der Waals surface area contributed by atoms with Crippen LogP contribution in [-0.4, -0.2) is 11.2 Å². The molecule has 0 spiro atoms. The monoisotopic (exact) mass is 308 g/mol. The molecule has 1 aliphatic heterocycles. The van der Waals surface area contributed by atoms with E-state index in [2.05, 4.69) is 51.8 Å². The molecule has 0 amide bonds. The number of aliphatic imine (C=N–C) groups is 1. The molecule has 2 nitrogen and oxygen atoms in total. The van der Waals surface area contributed by atoms with E-state index in [0.29, 0.717) is 0 Å². The van der Waals surface area contributed by atoms with Crippen LogP contribution in [0.5, 0.6) is 0 Å². The molecule has 0 unspecified atom stereocenters. The molecule has 102 valence electrons. The Morgan fingerprint density at radius 3 is 2.76 bits per heavy atom. The van der Waals surface area contributed by atoms with Gasteiger partial charge in [-0.15, -0.1) is 22.7 Å². The molecule has 0 radical (unpaired) electrons. The van der Waals surface area contributed by atoms with Gasteiger partial charge < -0.3 is 4.98 Å². The first-order valence-corrected chi connectivity index (χ1v) is 8.34. The van der Waals surface area contributed by atoms with E-state index >= 15 is 0 Å².